The summed E-state index contributed by atoms with van der Waals surface area (Å²) in [5.74, 6) is 0.710. The first-order chi connectivity index (χ1) is 11.6. The number of benzene rings is 2. The number of piperidine rings is 1. The Kier molecular flexibility index (Phi) is 5.26. The smallest absolute Gasteiger partial charge is 0.321 e. The molecule has 0 aliphatic carbocycles. The van der Waals surface area contributed by atoms with E-state index < -0.39 is 0 Å². The summed E-state index contributed by atoms with van der Waals surface area (Å²) in [5, 5.41) is 3.56. The van der Waals surface area contributed by atoms with Crippen molar-refractivity contribution < 1.29 is 9.53 Å². The van der Waals surface area contributed by atoms with Crippen LogP contribution in [0.1, 0.15) is 18.4 Å². The average molecular weight is 345 g/mol. The number of hydrogen-bond acceptors (Lipinski definition) is 2. The fourth-order valence-corrected chi connectivity index (χ4v) is 2.92. The molecule has 126 valence electrons. The molecule has 2 aromatic carbocycles. The number of carbonyl (C=O) groups is 1. The molecule has 2 aromatic rings. The van der Waals surface area contributed by atoms with Gasteiger partial charge in [0.1, 0.15) is 11.9 Å². The standard InChI is InChI=1S/C19H21ClN2O2/c1-14-6-8-15(9-7-14)21-19(23)22-12-10-16(11-13-22)24-18-5-3-2-4-17(18)20/h2-9,16H,10-13H2,1H3,(H,21,23). The topological polar surface area (TPSA) is 41.6 Å². The van der Waals surface area contributed by atoms with E-state index in [9.17, 15) is 4.79 Å². The Labute approximate surface area is 147 Å². The number of aryl methyl sites for hydroxylation is 1. The number of carbonyl (C=O) groups excluding carboxylic acids is 1. The molecular weight excluding hydrogens is 324 g/mol. The number of amides is 2. The first kappa shape index (κ1) is 16.7. The lowest BCUT2D eigenvalue weighted by molar-refractivity contribution is 0.115. The molecule has 0 bridgehead atoms. The van der Waals surface area contributed by atoms with Gasteiger partial charge in [-0.3, -0.25) is 0 Å². The van der Waals surface area contributed by atoms with Crippen LogP contribution in [0.5, 0.6) is 5.75 Å². The highest BCUT2D eigenvalue weighted by atomic mass is 35.5. The van der Waals surface area contributed by atoms with Crippen LogP contribution < -0.4 is 10.1 Å². The summed E-state index contributed by atoms with van der Waals surface area (Å²) >= 11 is 6.12. The number of nitrogens with zero attached hydrogens (tertiary/aromatic N) is 1. The Balaban J connectivity index is 1.50. The molecular formula is C19H21ClN2O2. The fraction of sp³-hybridized carbons (Fsp3) is 0.316. The highest BCUT2D eigenvalue weighted by Crippen LogP contribution is 2.26. The lowest BCUT2D eigenvalue weighted by atomic mass is 10.1. The van der Waals surface area contributed by atoms with Crippen molar-refractivity contribution in [2.45, 2.75) is 25.9 Å². The van der Waals surface area contributed by atoms with Crippen LogP contribution in [0.25, 0.3) is 0 Å². The number of urea groups is 1. The van der Waals surface area contributed by atoms with Crippen LogP contribution in [0, 0.1) is 6.92 Å². The highest BCUT2D eigenvalue weighted by molar-refractivity contribution is 6.32. The molecule has 4 nitrogen and oxygen atoms in total. The van der Waals surface area contributed by atoms with Gasteiger partial charge in [0.25, 0.3) is 0 Å². The molecule has 2 amide bonds. The first-order valence-corrected chi connectivity index (χ1v) is 8.53. The highest BCUT2D eigenvalue weighted by Gasteiger charge is 2.24. The van der Waals surface area contributed by atoms with Gasteiger partial charge in [-0.15, -0.1) is 0 Å². The largest absolute Gasteiger partial charge is 0.489 e. The number of hydrogen-bond donors (Lipinski definition) is 1. The maximum atomic E-state index is 12.3. The third kappa shape index (κ3) is 4.20. The van der Waals surface area contributed by atoms with Crippen molar-refractivity contribution in [2.24, 2.45) is 0 Å². The summed E-state index contributed by atoms with van der Waals surface area (Å²) in [6, 6.07) is 15.2. The second-order valence-electron chi connectivity index (χ2n) is 6.03. The van der Waals surface area contributed by atoms with Gasteiger partial charge in [0.05, 0.1) is 5.02 Å². The van der Waals surface area contributed by atoms with Crippen LogP contribution in [-0.4, -0.2) is 30.1 Å². The van der Waals surface area contributed by atoms with Crippen LogP contribution in [-0.2, 0) is 0 Å². The monoisotopic (exact) mass is 344 g/mol. The van der Waals surface area contributed by atoms with E-state index in [1.54, 1.807) is 0 Å². The van der Waals surface area contributed by atoms with Crippen LogP contribution in [0.2, 0.25) is 5.02 Å². The lowest BCUT2D eigenvalue weighted by Crippen LogP contribution is -2.43. The zero-order valence-corrected chi connectivity index (χ0v) is 14.4. The number of anilines is 1. The number of rotatable bonds is 3. The van der Waals surface area contributed by atoms with E-state index in [1.807, 2.05) is 60.4 Å². The van der Waals surface area contributed by atoms with E-state index in [0.29, 0.717) is 23.9 Å². The molecule has 0 aromatic heterocycles. The number of ether oxygens (including phenoxy) is 1. The first-order valence-electron chi connectivity index (χ1n) is 8.15. The normalized spacial score (nSPS) is 15.2. The van der Waals surface area contributed by atoms with Crippen molar-refractivity contribution in [3.8, 4) is 5.75 Å². The van der Waals surface area contributed by atoms with Gasteiger partial charge >= 0.3 is 6.03 Å². The van der Waals surface area contributed by atoms with Crippen molar-refractivity contribution in [1.82, 2.24) is 4.90 Å². The predicted molar refractivity (Wildman–Crippen MR) is 96.9 cm³/mol. The number of para-hydroxylation sites is 1. The summed E-state index contributed by atoms with van der Waals surface area (Å²) in [5.41, 5.74) is 1.99. The van der Waals surface area contributed by atoms with E-state index in [4.69, 9.17) is 16.3 Å². The number of nitrogens with one attached hydrogen (secondary N) is 1. The van der Waals surface area contributed by atoms with Gasteiger partial charge in [-0.1, -0.05) is 41.4 Å². The van der Waals surface area contributed by atoms with Crippen molar-refractivity contribution in [1.29, 1.82) is 0 Å². The van der Waals surface area contributed by atoms with Crippen molar-refractivity contribution >= 4 is 23.3 Å². The van der Waals surface area contributed by atoms with Gasteiger partial charge in [0.2, 0.25) is 0 Å². The number of halogens is 1. The maximum Gasteiger partial charge on any atom is 0.321 e. The molecule has 0 saturated carbocycles. The molecule has 1 fully saturated rings. The Hall–Kier alpha value is -2.20. The Morgan fingerprint density at radius 2 is 1.79 bits per heavy atom. The van der Waals surface area contributed by atoms with E-state index in [0.717, 1.165) is 18.5 Å². The van der Waals surface area contributed by atoms with Crippen molar-refractivity contribution in [2.75, 3.05) is 18.4 Å². The van der Waals surface area contributed by atoms with E-state index in [2.05, 4.69) is 5.32 Å². The number of likely N-dealkylation sites (tertiary alicyclic amines) is 1. The van der Waals surface area contributed by atoms with Crippen LogP contribution in [0.4, 0.5) is 10.5 Å². The average Bonchev–Trinajstić information content (AvgIpc) is 2.59. The van der Waals surface area contributed by atoms with E-state index in [1.165, 1.54) is 5.56 Å². The molecule has 3 rings (SSSR count). The molecule has 0 unspecified atom stereocenters. The summed E-state index contributed by atoms with van der Waals surface area (Å²) in [6.45, 7) is 3.37. The van der Waals surface area contributed by atoms with Crippen molar-refractivity contribution in [3.63, 3.8) is 0 Å². The van der Waals surface area contributed by atoms with Crippen molar-refractivity contribution in [3.05, 3.63) is 59.1 Å². The minimum Gasteiger partial charge on any atom is -0.489 e. The van der Waals surface area contributed by atoms with Crippen LogP contribution in [0.3, 0.4) is 0 Å². The van der Waals surface area contributed by atoms with E-state index in [-0.39, 0.29) is 12.1 Å². The molecule has 0 radical (unpaired) electrons. The van der Waals surface area contributed by atoms with Gasteiger partial charge in [-0.25, -0.2) is 4.79 Å². The molecule has 1 aliphatic rings. The van der Waals surface area contributed by atoms with Gasteiger partial charge < -0.3 is 15.0 Å². The lowest BCUT2D eigenvalue weighted by Gasteiger charge is -2.32. The van der Waals surface area contributed by atoms with Crippen LogP contribution >= 0.6 is 11.6 Å². The predicted octanol–water partition coefficient (Wildman–Crippen LogP) is 4.72. The molecule has 1 N–H and O–H groups in total. The molecule has 1 saturated heterocycles. The summed E-state index contributed by atoms with van der Waals surface area (Å²) in [4.78, 5) is 14.2. The molecule has 5 heteroatoms. The fourth-order valence-electron chi connectivity index (χ4n) is 2.74. The molecule has 24 heavy (non-hydrogen) atoms. The van der Waals surface area contributed by atoms with Crippen LogP contribution in [0.15, 0.2) is 48.5 Å². The third-order valence-electron chi connectivity index (χ3n) is 4.16. The van der Waals surface area contributed by atoms with Gasteiger partial charge in [0, 0.05) is 31.6 Å². The quantitative estimate of drug-likeness (QED) is 0.875. The van der Waals surface area contributed by atoms with Gasteiger partial charge in [-0.05, 0) is 31.2 Å². The molecule has 0 spiro atoms. The molecule has 0 atom stereocenters. The van der Waals surface area contributed by atoms with E-state index >= 15 is 0 Å². The molecule has 1 aliphatic heterocycles. The summed E-state index contributed by atoms with van der Waals surface area (Å²) in [6.07, 6.45) is 1.69. The second-order valence-corrected chi connectivity index (χ2v) is 6.44. The summed E-state index contributed by atoms with van der Waals surface area (Å²) in [7, 11) is 0. The Bertz CT molecular complexity index is 695. The maximum absolute atomic E-state index is 12.3. The second kappa shape index (κ2) is 7.58. The minimum absolute atomic E-state index is 0.0601. The van der Waals surface area contributed by atoms with Gasteiger partial charge in [0.15, 0.2) is 0 Å². The summed E-state index contributed by atoms with van der Waals surface area (Å²) < 4.78 is 5.96. The SMILES string of the molecule is Cc1ccc(NC(=O)N2CCC(Oc3ccccc3Cl)CC2)cc1. The molecule has 1 heterocycles. The van der Waals surface area contributed by atoms with Gasteiger partial charge in [-0.2, -0.15) is 0 Å². The minimum atomic E-state index is -0.0601. The zero-order chi connectivity index (χ0) is 16.9. The Morgan fingerprint density at radius 3 is 2.46 bits per heavy atom. The zero-order valence-electron chi connectivity index (χ0n) is 13.7. The third-order valence-corrected chi connectivity index (χ3v) is 4.47. The Morgan fingerprint density at radius 1 is 1.12 bits per heavy atom.